The van der Waals surface area contributed by atoms with Crippen LogP contribution in [0.2, 0.25) is 10.0 Å². The molecule has 1 aromatic heterocycles. The van der Waals surface area contributed by atoms with Gasteiger partial charge in [-0.15, -0.1) is 0 Å². The molecule has 0 fully saturated rings. The van der Waals surface area contributed by atoms with Gasteiger partial charge < -0.3 is 10.8 Å². The van der Waals surface area contributed by atoms with E-state index in [1.165, 1.54) is 0 Å². The summed E-state index contributed by atoms with van der Waals surface area (Å²) in [6, 6.07) is 5.25. The van der Waals surface area contributed by atoms with Crippen LogP contribution in [0.1, 0.15) is 0 Å². The van der Waals surface area contributed by atoms with Crippen molar-refractivity contribution in [2.45, 2.75) is 6.54 Å². The molecule has 3 N–H and O–H groups in total. The lowest BCUT2D eigenvalue weighted by molar-refractivity contribution is 0.270. The van der Waals surface area contributed by atoms with Gasteiger partial charge in [0, 0.05) is 5.56 Å². The third-order valence-corrected chi connectivity index (χ3v) is 3.11. The van der Waals surface area contributed by atoms with Gasteiger partial charge in [-0.25, -0.2) is 0 Å². The van der Waals surface area contributed by atoms with Crippen LogP contribution in [0, 0.1) is 0 Å². The summed E-state index contributed by atoms with van der Waals surface area (Å²) in [5.74, 6) is 0. The van der Waals surface area contributed by atoms with Crippen LogP contribution in [-0.2, 0) is 6.54 Å². The Bertz CT molecular complexity index is 540. The molecule has 2 rings (SSSR count). The number of nitrogens with two attached hydrogens (primary N) is 1. The third kappa shape index (κ3) is 2.39. The van der Waals surface area contributed by atoms with E-state index in [1.807, 2.05) is 6.07 Å². The van der Waals surface area contributed by atoms with Crippen molar-refractivity contribution in [2.24, 2.45) is 0 Å². The molecule has 0 radical (unpaired) electrons. The number of benzene rings is 1. The zero-order valence-corrected chi connectivity index (χ0v) is 10.4. The monoisotopic (exact) mass is 271 g/mol. The van der Waals surface area contributed by atoms with Gasteiger partial charge in [0.15, 0.2) is 0 Å². The third-order valence-electron chi connectivity index (χ3n) is 2.37. The fourth-order valence-corrected chi connectivity index (χ4v) is 1.92. The number of anilines is 1. The summed E-state index contributed by atoms with van der Waals surface area (Å²) in [5, 5.41) is 14.0. The number of halogens is 2. The zero-order valence-electron chi connectivity index (χ0n) is 8.90. The standard InChI is InChI=1S/C11H11Cl2N3O/c12-8-2-1-7(5-9(8)13)11-10(14)6-15-16(11)3-4-17/h1-2,5-6,17H,3-4,14H2. The van der Waals surface area contributed by atoms with Crippen molar-refractivity contribution < 1.29 is 5.11 Å². The molecule has 6 heteroatoms. The van der Waals surface area contributed by atoms with E-state index >= 15 is 0 Å². The molecule has 0 saturated carbocycles. The molecule has 0 amide bonds. The van der Waals surface area contributed by atoms with Crippen molar-refractivity contribution in [1.29, 1.82) is 0 Å². The molecule has 17 heavy (non-hydrogen) atoms. The second-order valence-electron chi connectivity index (χ2n) is 3.52. The summed E-state index contributed by atoms with van der Waals surface area (Å²) in [6.45, 7) is 0.377. The molecule has 0 bridgehead atoms. The van der Waals surface area contributed by atoms with Crippen molar-refractivity contribution in [2.75, 3.05) is 12.3 Å². The maximum atomic E-state index is 8.95. The average molecular weight is 272 g/mol. The van der Waals surface area contributed by atoms with Crippen LogP contribution in [0.4, 0.5) is 5.69 Å². The highest BCUT2D eigenvalue weighted by Gasteiger charge is 2.11. The first-order valence-electron chi connectivity index (χ1n) is 5.01. The van der Waals surface area contributed by atoms with Crippen LogP contribution in [0.25, 0.3) is 11.3 Å². The van der Waals surface area contributed by atoms with E-state index in [2.05, 4.69) is 5.10 Å². The number of aliphatic hydroxyl groups is 1. The van der Waals surface area contributed by atoms with Gasteiger partial charge in [0.1, 0.15) is 0 Å². The van der Waals surface area contributed by atoms with E-state index in [9.17, 15) is 0 Å². The second-order valence-corrected chi connectivity index (χ2v) is 4.34. The SMILES string of the molecule is Nc1cnn(CCO)c1-c1ccc(Cl)c(Cl)c1. The van der Waals surface area contributed by atoms with E-state index in [0.717, 1.165) is 11.3 Å². The minimum Gasteiger partial charge on any atom is -0.396 e. The fourth-order valence-electron chi connectivity index (χ4n) is 1.62. The topological polar surface area (TPSA) is 64.1 Å². The number of aromatic nitrogens is 2. The molecule has 0 aliphatic rings. The Kier molecular flexibility index (Phi) is 3.57. The molecule has 4 nitrogen and oxygen atoms in total. The van der Waals surface area contributed by atoms with Crippen LogP contribution in [0.15, 0.2) is 24.4 Å². The molecule has 2 aromatic rings. The molecule has 0 aliphatic carbocycles. The summed E-state index contributed by atoms with van der Waals surface area (Å²) in [4.78, 5) is 0. The van der Waals surface area contributed by atoms with Crippen molar-refractivity contribution in [1.82, 2.24) is 9.78 Å². The van der Waals surface area contributed by atoms with E-state index in [4.69, 9.17) is 34.0 Å². The molecular formula is C11H11Cl2N3O. The van der Waals surface area contributed by atoms with Crippen molar-refractivity contribution in [3.63, 3.8) is 0 Å². The number of nitrogen functional groups attached to an aromatic ring is 1. The summed E-state index contributed by atoms with van der Waals surface area (Å²) in [6.07, 6.45) is 1.55. The maximum absolute atomic E-state index is 8.95. The van der Waals surface area contributed by atoms with E-state index < -0.39 is 0 Å². The highest BCUT2D eigenvalue weighted by Crippen LogP contribution is 2.31. The van der Waals surface area contributed by atoms with Gasteiger partial charge in [-0.1, -0.05) is 29.3 Å². The van der Waals surface area contributed by atoms with Gasteiger partial charge >= 0.3 is 0 Å². The predicted molar refractivity (Wildman–Crippen MR) is 69.2 cm³/mol. The van der Waals surface area contributed by atoms with E-state index in [1.54, 1.807) is 23.0 Å². The lowest BCUT2D eigenvalue weighted by atomic mass is 10.1. The van der Waals surface area contributed by atoms with Crippen LogP contribution in [-0.4, -0.2) is 21.5 Å². The highest BCUT2D eigenvalue weighted by atomic mass is 35.5. The second kappa shape index (κ2) is 4.96. The molecule has 1 aromatic carbocycles. The molecule has 0 unspecified atom stereocenters. The van der Waals surface area contributed by atoms with E-state index in [-0.39, 0.29) is 6.61 Å². The molecule has 0 aliphatic heterocycles. The first-order chi connectivity index (χ1) is 8.13. The summed E-state index contributed by atoms with van der Waals surface area (Å²) < 4.78 is 1.63. The Balaban J connectivity index is 2.51. The van der Waals surface area contributed by atoms with Crippen molar-refractivity contribution >= 4 is 28.9 Å². The maximum Gasteiger partial charge on any atom is 0.0913 e. The van der Waals surface area contributed by atoms with Gasteiger partial charge in [-0.05, 0) is 12.1 Å². The van der Waals surface area contributed by atoms with Gasteiger partial charge in [0.2, 0.25) is 0 Å². The van der Waals surface area contributed by atoms with Gasteiger partial charge in [0.05, 0.1) is 40.8 Å². The highest BCUT2D eigenvalue weighted by molar-refractivity contribution is 6.42. The molecule has 0 spiro atoms. The van der Waals surface area contributed by atoms with Gasteiger partial charge in [-0.3, -0.25) is 4.68 Å². The van der Waals surface area contributed by atoms with Gasteiger partial charge in [0.25, 0.3) is 0 Å². The smallest absolute Gasteiger partial charge is 0.0913 e. The zero-order chi connectivity index (χ0) is 12.4. The number of hydrogen-bond acceptors (Lipinski definition) is 3. The first-order valence-corrected chi connectivity index (χ1v) is 5.76. The number of aliphatic hydroxyl groups excluding tert-OH is 1. The first kappa shape index (κ1) is 12.2. The lowest BCUT2D eigenvalue weighted by Crippen LogP contribution is -2.06. The summed E-state index contributed by atoms with van der Waals surface area (Å²) >= 11 is 11.8. The van der Waals surface area contributed by atoms with Crippen LogP contribution in [0.3, 0.4) is 0 Å². The normalized spacial score (nSPS) is 10.8. The summed E-state index contributed by atoms with van der Waals surface area (Å²) in [5.41, 5.74) is 7.95. The minimum absolute atomic E-state index is 0.00452. The van der Waals surface area contributed by atoms with Crippen LogP contribution < -0.4 is 5.73 Å². The van der Waals surface area contributed by atoms with Crippen LogP contribution in [0.5, 0.6) is 0 Å². The quantitative estimate of drug-likeness (QED) is 0.901. The Morgan fingerprint density at radius 2 is 2.06 bits per heavy atom. The Morgan fingerprint density at radius 3 is 2.71 bits per heavy atom. The van der Waals surface area contributed by atoms with Gasteiger partial charge in [-0.2, -0.15) is 5.10 Å². The molecular weight excluding hydrogens is 261 g/mol. The fraction of sp³-hybridized carbons (Fsp3) is 0.182. The molecule has 0 saturated heterocycles. The Hall–Kier alpha value is -1.23. The van der Waals surface area contributed by atoms with Crippen molar-refractivity contribution in [3.05, 3.63) is 34.4 Å². The summed E-state index contributed by atoms with van der Waals surface area (Å²) in [7, 11) is 0. The Morgan fingerprint density at radius 1 is 1.29 bits per heavy atom. The average Bonchev–Trinajstić information content (AvgIpc) is 2.65. The Labute approximate surface area is 109 Å². The molecule has 0 atom stereocenters. The number of rotatable bonds is 3. The largest absolute Gasteiger partial charge is 0.396 e. The molecule has 90 valence electrons. The lowest BCUT2D eigenvalue weighted by Gasteiger charge is -2.08. The van der Waals surface area contributed by atoms with Crippen molar-refractivity contribution in [3.8, 4) is 11.3 Å². The minimum atomic E-state index is -0.00452. The predicted octanol–water partition coefficient (Wildman–Crippen LogP) is 2.43. The number of hydrogen-bond donors (Lipinski definition) is 2. The molecule has 1 heterocycles. The van der Waals surface area contributed by atoms with E-state index in [0.29, 0.717) is 22.3 Å². The number of nitrogens with zero attached hydrogens (tertiary/aromatic N) is 2. The van der Waals surface area contributed by atoms with Crippen LogP contribution >= 0.6 is 23.2 Å².